The quantitative estimate of drug-likeness (QED) is 0.821. The van der Waals surface area contributed by atoms with Crippen LogP contribution >= 0.6 is 0 Å². The molecule has 0 saturated carbocycles. The first-order valence-corrected chi connectivity index (χ1v) is 9.82. The van der Waals surface area contributed by atoms with Crippen molar-refractivity contribution in [1.82, 2.24) is 9.80 Å². The predicted molar refractivity (Wildman–Crippen MR) is 105 cm³/mol. The van der Waals surface area contributed by atoms with Crippen molar-refractivity contribution in [2.24, 2.45) is 5.92 Å². The van der Waals surface area contributed by atoms with Crippen molar-refractivity contribution in [3.05, 3.63) is 71.0 Å². The first-order chi connectivity index (χ1) is 13.0. The van der Waals surface area contributed by atoms with E-state index in [0.717, 1.165) is 38.2 Å². The van der Waals surface area contributed by atoms with Crippen LogP contribution in [0.4, 0.5) is 4.39 Å². The van der Waals surface area contributed by atoms with Crippen LogP contribution in [-0.4, -0.2) is 41.4 Å². The minimum absolute atomic E-state index is 0.177. The molecule has 0 N–H and O–H groups in total. The molecular weight excluding hydrogens is 339 g/mol. The van der Waals surface area contributed by atoms with Crippen molar-refractivity contribution in [3.63, 3.8) is 0 Å². The van der Waals surface area contributed by atoms with Gasteiger partial charge in [-0.15, -0.1) is 0 Å². The number of carbonyl (C=O) groups excluding carboxylic acids is 1. The van der Waals surface area contributed by atoms with E-state index in [9.17, 15) is 9.18 Å². The molecule has 0 aliphatic carbocycles. The van der Waals surface area contributed by atoms with E-state index in [1.165, 1.54) is 17.2 Å². The maximum atomic E-state index is 13.5. The number of hydrogen-bond donors (Lipinski definition) is 0. The Morgan fingerprint density at radius 1 is 1.15 bits per heavy atom. The number of benzene rings is 2. The van der Waals surface area contributed by atoms with Gasteiger partial charge in [0.15, 0.2) is 0 Å². The van der Waals surface area contributed by atoms with Crippen LogP contribution in [0.1, 0.15) is 36.0 Å². The smallest absolute Gasteiger partial charge is 0.219 e. The lowest BCUT2D eigenvalue weighted by Gasteiger charge is -2.39. The van der Waals surface area contributed by atoms with Crippen LogP contribution in [0.5, 0.6) is 0 Å². The van der Waals surface area contributed by atoms with Gasteiger partial charge in [-0.1, -0.05) is 42.0 Å². The van der Waals surface area contributed by atoms with Crippen molar-refractivity contribution in [1.29, 1.82) is 0 Å². The molecule has 2 saturated heterocycles. The first kappa shape index (κ1) is 18.2. The summed E-state index contributed by atoms with van der Waals surface area (Å²) in [4.78, 5) is 16.7. The number of carbonyl (C=O) groups is 1. The van der Waals surface area contributed by atoms with Gasteiger partial charge in [-0.3, -0.25) is 9.69 Å². The van der Waals surface area contributed by atoms with Crippen LogP contribution < -0.4 is 0 Å². The second kappa shape index (κ2) is 7.43. The van der Waals surface area contributed by atoms with Crippen LogP contribution in [0.25, 0.3) is 0 Å². The zero-order chi connectivity index (χ0) is 19.0. The Hall–Kier alpha value is -2.20. The zero-order valence-electron chi connectivity index (χ0n) is 16.1. The Labute approximate surface area is 160 Å². The van der Waals surface area contributed by atoms with Gasteiger partial charge in [0.25, 0.3) is 0 Å². The Bertz CT molecular complexity index is 837. The molecule has 0 aromatic heterocycles. The normalized spacial score (nSPS) is 25.4. The summed E-state index contributed by atoms with van der Waals surface area (Å²) in [6, 6.07) is 15.9. The summed E-state index contributed by atoms with van der Waals surface area (Å²) in [5.41, 5.74) is 3.61. The highest BCUT2D eigenvalue weighted by Gasteiger charge is 2.46. The first-order valence-electron chi connectivity index (χ1n) is 9.82. The Balaban J connectivity index is 1.56. The lowest BCUT2D eigenvalue weighted by atomic mass is 9.81. The van der Waals surface area contributed by atoms with Crippen molar-refractivity contribution in [2.45, 2.75) is 38.8 Å². The van der Waals surface area contributed by atoms with Gasteiger partial charge >= 0.3 is 0 Å². The van der Waals surface area contributed by atoms with E-state index in [2.05, 4.69) is 41.0 Å². The van der Waals surface area contributed by atoms with Crippen molar-refractivity contribution in [3.8, 4) is 0 Å². The second-order valence-electron chi connectivity index (χ2n) is 8.08. The zero-order valence-corrected chi connectivity index (χ0v) is 16.1. The molecule has 2 aliphatic rings. The van der Waals surface area contributed by atoms with Crippen molar-refractivity contribution in [2.75, 3.05) is 19.6 Å². The second-order valence-corrected chi connectivity index (χ2v) is 8.08. The number of aryl methyl sites for hydroxylation is 1. The minimum atomic E-state index is -0.177. The number of nitrogens with zero attached hydrogens (tertiary/aromatic N) is 2. The molecule has 0 unspecified atom stereocenters. The van der Waals surface area contributed by atoms with Gasteiger partial charge in [0.1, 0.15) is 5.82 Å². The fourth-order valence-corrected chi connectivity index (χ4v) is 4.96. The Morgan fingerprint density at radius 2 is 1.96 bits per heavy atom. The van der Waals surface area contributed by atoms with Gasteiger partial charge in [-0.05, 0) is 36.6 Å². The summed E-state index contributed by atoms with van der Waals surface area (Å²) in [7, 11) is 0. The molecule has 0 radical (unpaired) electrons. The van der Waals surface area contributed by atoms with Crippen LogP contribution in [0, 0.1) is 18.7 Å². The minimum Gasteiger partial charge on any atom is -0.339 e. The highest BCUT2D eigenvalue weighted by molar-refractivity contribution is 5.74. The predicted octanol–water partition coefficient (Wildman–Crippen LogP) is 3.97. The molecule has 2 fully saturated rings. The lowest BCUT2D eigenvalue weighted by molar-refractivity contribution is -0.130. The topological polar surface area (TPSA) is 23.6 Å². The van der Waals surface area contributed by atoms with Gasteiger partial charge in [0.05, 0.1) is 0 Å². The highest BCUT2D eigenvalue weighted by Crippen LogP contribution is 2.42. The van der Waals surface area contributed by atoms with Crippen molar-refractivity contribution < 1.29 is 9.18 Å². The summed E-state index contributed by atoms with van der Waals surface area (Å²) in [6.07, 6.45) is 0.988. The van der Waals surface area contributed by atoms with Crippen LogP contribution in [-0.2, 0) is 11.3 Å². The van der Waals surface area contributed by atoms with E-state index in [1.807, 2.05) is 6.07 Å². The number of piperidine rings is 1. The third-order valence-electron chi connectivity index (χ3n) is 6.18. The Kier molecular flexibility index (Phi) is 5.00. The number of halogens is 1. The molecule has 2 heterocycles. The molecule has 4 heteroatoms. The summed E-state index contributed by atoms with van der Waals surface area (Å²) in [5.74, 6) is 0.800. The molecule has 0 bridgehead atoms. The van der Waals surface area contributed by atoms with Crippen LogP contribution in [0.15, 0.2) is 48.5 Å². The van der Waals surface area contributed by atoms with E-state index < -0.39 is 0 Å². The summed E-state index contributed by atoms with van der Waals surface area (Å²) < 4.78 is 13.5. The molecule has 3 nitrogen and oxygen atoms in total. The molecule has 0 spiro atoms. The maximum absolute atomic E-state index is 13.5. The van der Waals surface area contributed by atoms with E-state index >= 15 is 0 Å². The number of fused-ring (bicyclic) bond motifs is 1. The summed E-state index contributed by atoms with van der Waals surface area (Å²) >= 11 is 0. The molecular formula is C23H27FN2O. The molecule has 27 heavy (non-hydrogen) atoms. The van der Waals surface area contributed by atoms with E-state index in [4.69, 9.17) is 0 Å². The monoisotopic (exact) mass is 366 g/mol. The largest absolute Gasteiger partial charge is 0.339 e. The molecule has 2 aromatic rings. The van der Waals surface area contributed by atoms with Crippen LogP contribution in [0.2, 0.25) is 0 Å². The third kappa shape index (κ3) is 3.77. The van der Waals surface area contributed by atoms with E-state index in [0.29, 0.717) is 17.9 Å². The molecule has 2 aliphatic heterocycles. The van der Waals surface area contributed by atoms with E-state index in [-0.39, 0.29) is 11.7 Å². The SMILES string of the molecule is CC(=O)N1C[C@@H](c2cccc(C)c2)[C@@H]2CN(Cc3cccc(F)c3)CC[C@@H]21. The van der Waals surface area contributed by atoms with Gasteiger partial charge < -0.3 is 4.90 Å². The number of hydrogen-bond acceptors (Lipinski definition) is 2. The van der Waals surface area contributed by atoms with Crippen molar-refractivity contribution >= 4 is 5.91 Å². The average Bonchev–Trinajstić information content (AvgIpc) is 3.01. The number of rotatable bonds is 3. The molecule has 2 aromatic carbocycles. The lowest BCUT2D eigenvalue weighted by Crippen LogP contribution is -2.47. The van der Waals surface area contributed by atoms with Crippen LogP contribution in [0.3, 0.4) is 0 Å². The highest BCUT2D eigenvalue weighted by atomic mass is 19.1. The molecule has 3 atom stereocenters. The molecule has 4 rings (SSSR count). The standard InChI is InChI=1S/C23H27FN2O/c1-16-5-3-7-19(11-16)21-15-26(17(2)27)23-9-10-25(14-22(21)23)13-18-6-4-8-20(24)12-18/h3-8,11-12,21-23H,9-10,13-15H2,1-2H3/t21-,22-,23-/m0/s1. The maximum Gasteiger partial charge on any atom is 0.219 e. The van der Waals surface area contributed by atoms with Gasteiger partial charge in [0, 0.05) is 51.0 Å². The average molecular weight is 366 g/mol. The van der Waals surface area contributed by atoms with Gasteiger partial charge in [-0.25, -0.2) is 4.39 Å². The number of likely N-dealkylation sites (tertiary alicyclic amines) is 2. The number of amides is 1. The van der Waals surface area contributed by atoms with E-state index in [1.54, 1.807) is 19.1 Å². The summed E-state index contributed by atoms with van der Waals surface area (Å²) in [6.45, 7) is 7.28. The van der Waals surface area contributed by atoms with Gasteiger partial charge in [0.2, 0.25) is 5.91 Å². The van der Waals surface area contributed by atoms with Gasteiger partial charge in [-0.2, -0.15) is 0 Å². The fourth-order valence-electron chi connectivity index (χ4n) is 4.96. The summed E-state index contributed by atoms with van der Waals surface area (Å²) in [5, 5.41) is 0. The molecule has 1 amide bonds. The molecule has 142 valence electrons. The fraction of sp³-hybridized carbons (Fsp3) is 0.435. The third-order valence-corrected chi connectivity index (χ3v) is 6.18. The Morgan fingerprint density at radius 3 is 2.70 bits per heavy atom.